The van der Waals surface area contributed by atoms with Crippen LogP contribution in [0.3, 0.4) is 0 Å². The van der Waals surface area contributed by atoms with Crippen LogP contribution in [0.2, 0.25) is 0 Å². The number of carboxylic acid groups (broad SMARTS) is 1. The van der Waals surface area contributed by atoms with E-state index in [9.17, 15) is 18.0 Å². The maximum Gasteiger partial charge on any atom is 0.345 e. The molecular formula is C12H16N2O6S2. The minimum Gasteiger partial charge on any atom is -0.477 e. The number of carbonyl (C=O) groups is 2. The van der Waals surface area contributed by atoms with E-state index in [4.69, 9.17) is 9.84 Å². The number of ether oxygens (including phenoxy) is 1. The number of sulfonamides is 1. The highest BCUT2D eigenvalue weighted by atomic mass is 32.2. The second-order valence-corrected chi connectivity index (χ2v) is 7.86. The highest BCUT2D eigenvalue weighted by Crippen LogP contribution is 2.16. The van der Waals surface area contributed by atoms with Crippen molar-refractivity contribution in [3.8, 4) is 0 Å². The zero-order chi connectivity index (χ0) is 16.3. The maximum absolute atomic E-state index is 11.9. The fourth-order valence-corrected chi connectivity index (χ4v) is 3.59. The largest absolute Gasteiger partial charge is 0.477 e. The molecule has 1 aliphatic heterocycles. The SMILES string of the molecule is CS(=O)(=O)N1CCOC(CNC(=O)c2ccc(C(=O)O)s2)C1. The first kappa shape index (κ1) is 16.9. The summed E-state index contributed by atoms with van der Waals surface area (Å²) in [4.78, 5) is 23.1. The van der Waals surface area contributed by atoms with E-state index >= 15 is 0 Å². The number of nitrogens with one attached hydrogen (secondary N) is 1. The number of carboxylic acids is 1. The molecule has 0 aliphatic carbocycles. The Kier molecular flexibility index (Phi) is 5.16. The van der Waals surface area contributed by atoms with Crippen LogP contribution >= 0.6 is 11.3 Å². The molecule has 2 heterocycles. The number of amides is 1. The van der Waals surface area contributed by atoms with Crippen molar-refractivity contribution in [1.82, 2.24) is 9.62 Å². The van der Waals surface area contributed by atoms with Crippen LogP contribution in [0, 0.1) is 0 Å². The predicted octanol–water partition coefficient (Wildman–Crippen LogP) is -0.163. The number of nitrogens with zero attached hydrogens (tertiary/aromatic N) is 1. The molecule has 0 bridgehead atoms. The molecule has 22 heavy (non-hydrogen) atoms. The summed E-state index contributed by atoms with van der Waals surface area (Å²) in [5, 5.41) is 11.4. The van der Waals surface area contributed by atoms with Crippen molar-refractivity contribution < 1.29 is 27.9 Å². The summed E-state index contributed by atoms with van der Waals surface area (Å²) in [5.74, 6) is -1.49. The molecule has 1 amide bonds. The number of aromatic carboxylic acids is 1. The first-order chi connectivity index (χ1) is 10.3. The molecule has 1 fully saturated rings. The minimum atomic E-state index is -3.28. The van der Waals surface area contributed by atoms with Gasteiger partial charge in [-0.3, -0.25) is 4.79 Å². The van der Waals surface area contributed by atoms with Gasteiger partial charge >= 0.3 is 5.97 Å². The molecule has 2 N–H and O–H groups in total. The average Bonchev–Trinajstić information content (AvgIpc) is 2.94. The van der Waals surface area contributed by atoms with Gasteiger partial charge in [0.2, 0.25) is 10.0 Å². The van der Waals surface area contributed by atoms with Crippen molar-refractivity contribution in [1.29, 1.82) is 0 Å². The molecule has 1 aromatic heterocycles. The summed E-state index contributed by atoms with van der Waals surface area (Å²) in [6.45, 7) is 0.918. The molecule has 1 unspecified atom stereocenters. The van der Waals surface area contributed by atoms with E-state index in [2.05, 4.69) is 5.32 Å². The number of carbonyl (C=O) groups excluding carboxylic acids is 1. The van der Waals surface area contributed by atoms with Crippen molar-refractivity contribution in [2.75, 3.05) is 32.5 Å². The van der Waals surface area contributed by atoms with Crippen molar-refractivity contribution in [3.05, 3.63) is 21.9 Å². The van der Waals surface area contributed by atoms with E-state index in [0.29, 0.717) is 6.54 Å². The van der Waals surface area contributed by atoms with Gasteiger partial charge in [-0.15, -0.1) is 11.3 Å². The Bertz CT molecular complexity index is 669. The lowest BCUT2D eigenvalue weighted by Crippen LogP contribution is -2.49. The van der Waals surface area contributed by atoms with Crippen molar-refractivity contribution in [2.45, 2.75) is 6.10 Å². The third kappa shape index (κ3) is 4.26. The van der Waals surface area contributed by atoms with Gasteiger partial charge < -0.3 is 15.2 Å². The van der Waals surface area contributed by atoms with Gasteiger partial charge in [-0.2, -0.15) is 4.31 Å². The Balaban J connectivity index is 1.89. The smallest absolute Gasteiger partial charge is 0.345 e. The standard InChI is InChI=1S/C12H16N2O6S2/c1-22(18,19)14-4-5-20-8(7-14)6-13-11(15)9-2-3-10(21-9)12(16)17/h2-3,8H,4-7H2,1H3,(H,13,15)(H,16,17). The van der Waals surface area contributed by atoms with Crippen LogP contribution in [0.5, 0.6) is 0 Å². The highest BCUT2D eigenvalue weighted by Gasteiger charge is 2.26. The van der Waals surface area contributed by atoms with Gasteiger partial charge in [0.15, 0.2) is 0 Å². The fraction of sp³-hybridized carbons (Fsp3) is 0.500. The molecule has 0 aromatic carbocycles. The van der Waals surface area contributed by atoms with Crippen LogP contribution in [0.15, 0.2) is 12.1 Å². The van der Waals surface area contributed by atoms with Gasteiger partial charge in [0.25, 0.3) is 5.91 Å². The van der Waals surface area contributed by atoms with Crippen LogP contribution in [-0.4, -0.2) is 68.3 Å². The highest BCUT2D eigenvalue weighted by molar-refractivity contribution is 7.88. The van der Waals surface area contributed by atoms with Gasteiger partial charge in [0.1, 0.15) is 4.88 Å². The van der Waals surface area contributed by atoms with Crippen molar-refractivity contribution in [3.63, 3.8) is 0 Å². The fourth-order valence-electron chi connectivity index (χ4n) is 1.99. The molecule has 0 spiro atoms. The van der Waals surface area contributed by atoms with Gasteiger partial charge in [-0.25, -0.2) is 13.2 Å². The van der Waals surface area contributed by atoms with E-state index in [1.165, 1.54) is 16.4 Å². The Labute approximate surface area is 131 Å². The number of hydrogen-bond donors (Lipinski definition) is 2. The van der Waals surface area contributed by atoms with Crippen molar-refractivity contribution in [2.24, 2.45) is 0 Å². The summed E-state index contributed by atoms with van der Waals surface area (Å²) in [5.41, 5.74) is 0. The lowest BCUT2D eigenvalue weighted by molar-refractivity contribution is 0.000460. The third-order valence-electron chi connectivity index (χ3n) is 3.10. The Morgan fingerprint density at radius 2 is 2.14 bits per heavy atom. The summed E-state index contributed by atoms with van der Waals surface area (Å²) in [7, 11) is -3.28. The van der Waals surface area contributed by atoms with E-state index in [0.717, 1.165) is 17.6 Å². The quantitative estimate of drug-likeness (QED) is 0.764. The summed E-state index contributed by atoms with van der Waals surface area (Å²) < 4.78 is 29.7. The summed E-state index contributed by atoms with van der Waals surface area (Å²) in [6, 6.07) is 2.80. The summed E-state index contributed by atoms with van der Waals surface area (Å²) >= 11 is 0.882. The Hall–Kier alpha value is -1.49. The first-order valence-corrected chi connectivity index (χ1v) is 9.12. The van der Waals surface area contributed by atoms with Crippen LogP contribution in [0.25, 0.3) is 0 Å². The van der Waals surface area contributed by atoms with Crippen LogP contribution in [0.1, 0.15) is 19.3 Å². The van der Waals surface area contributed by atoms with Gasteiger partial charge in [-0.1, -0.05) is 0 Å². The second kappa shape index (κ2) is 6.73. The van der Waals surface area contributed by atoms with E-state index in [1.54, 1.807) is 0 Å². The van der Waals surface area contributed by atoms with Crippen LogP contribution in [-0.2, 0) is 14.8 Å². The number of thiophene rings is 1. The zero-order valence-electron chi connectivity index (χ0n) is 11.8. The monoisotopic (exact) mass is 348 g/mol. The molecule has 1 saturated heterocycles. The molecule has 0 radical (unpaired) electrons. The third-order valence-corrected chi connectivity index (χ3v) is 5.44. The summed E-state index contributed by atoms with van der Waals surface area (Å²) in [6.07, 6.45) is 0.707. The van der Waals surface area contributed by atoms with Gasteiger partial charge in [0.05, 0.1) is 23.8 Å². The molecule has 8 nitrogen and oxygen atoms in total. The lowest BCUT2D eigenvalue weighted by atomic mass is 10.3. The van der Waals surface area contributed by atoms with Gasteiger partial charge in [0, 0.05) is 19.6 Å². The maximum atomic E-state index is 11.9. The second-order valence-electron chi connectivity index (χ2n) is 4.79. The Morgan fingerprint density at radius 1 is 1.45 bits per heavy atom. The lowest BCUT2D eigenvalue weighted by Gasteiger charge is -2.31. The van der Waals surface area contributed by atoms with E-state index < -0.39 is 28.0 Å². The molecule has 1 atom stereocenters. The molecule has 10 heteroatoms. The van der Waals surface area contributed by atoms with Gasteiger partial charge in [-0.05, 0) is 12.1 Å². The number of morpholine rings is 1. The molecular weight excluding hydrogens is 332 g/mol. The van der Waals surface area contributed by atoms with Crippen molar-refractivity contribution >= 4 is 33.2 Å². The predicted molar refractivity (Wildman–Crippen MR) is 79.8 cm³/mol. The molecule has 0 saturated carbocycles. The molecule has 1 aliphatic rings. The molecule has 2 rings (SSSR count). The van der Waals surface area contributed by atoms with E-state index in [-0.39, 0.29) is 29.5 Å². The molecule has 1 aromatic rings. The zero-order valence-corrected chi connectivity index (χ0v) is 13.4. The molecule has 122 valence electrons. The number of rotatable bonds is 5. The Morgan fingerprint density at radius 3 is 2.73 bits per heavy atom. The number of hydrogen-bond acceptors (Lipinski definition) is 6. The first-order valence-electron chi connectivity index (χ1n) is 6.45. The van der Waals surface area contributed by atoms with Crippen LogP contribution < -0.4 is 5.32 Å². The van der Waals surface area contributed by atoms with Crippen LogP contribution in [0.4, 0.5) is 0 Å². The normalized spacial score (nSPS) is 19.8. The van der Waals surface area contributed by atoms with E-state index in [1.807, 2.05) is 0 Å². The minimum absolute atomic E-state index is 0.0855. The topological polar surface area (TPSA) is 113 Å². The average molecular weight is 348 g/mol.